The van der Waals surface area contributed by atoms with E-state index >= 15 is 0 Å². The van der Waals surface area contributed by atoms with Crippen LogP contribution in [0.5, 0.6) is 5.75 Å². The second kappa shape index (κ2) is 8.81. The number of nitrogens with zero attached hydrogens (tertiary/aromatic N) is 3. The fourth-order valence-corrected chi connectivity index (χ4v) is 3.75. The molecule has 0 radical (unpaired) electrons. The van der Waals surface area contributed by atoms with Crippen LogP contribution in [0.3, 0.4) is 0 Å². The van der Waals surface area contributed by atoms with Gasteiger partial charge in [-0.2, -0.15) is 0 Å². The number of hydrogen-bond donors (Lipinski definition) is 1. The molecule has 0 saturated carbocycles. The van der Waals surface area contributed by atoms with Gasteiger partial charge in [-0.25, -0.2) is 0 Å². The highest BCUT2D eigenvalue weighted by atomic mass is 16.6. The summed E-state index contributed by atoms with van der Waals surface area (Å²) in [7, 11) is 0. The first-order chi connectivity index (χ1) is 16.2. The van der Waals surface area contributed by atoms with Gasteiger partial charge in [0.25, 0.3) is 11.5 Å². The number of Topliss-reactive ketones (excluding diaryl/α,β-unsaturated/α-hetero) is 1. The van der Waals surface area contributed by atoms with Gasteiger partial charge < -0.3 is 14.4 Å². The first-order valence-electron chi connectivity index (χ1n) is 10.4. The Morgan fingerprint density at radius 1 is 1.15 bits per heavy atom. The Morgan fingerprint density at radius 3 is 2.32 bits per heavy atom. The SMILES string of the molecule is Cc1cc(N2C(=O)C(=O)/C(=C(/O)c3ccc(OC(C)C)cc3)[C@@H]2c2ccc([N+](=O)[O-])cc2)no1. The average molecular weight is 463 g/mol. The zero-order valence-corrected chi connectivity index (χ0v) is 18.6. The summed E-state index contributed by atoms with van der Waals surface area (Å²) in [5.74, 6) is -1.12. The van der Waals surface area contributed by atoms with Crippen LogP contribution in [0.15, 0.2) is 64.7 Å². The van der Waals surface area contributed by atoms with Gasteiger partial charge >= 0.3 is 5.91 Å². The van der Waals surface area contributed by atoms with E-state index in [1.165, 1.54) is 30.3 Å². The maximum Gasteiger partial charge on any atom is 0.301 e. The highest BCUT2D eigenvalue weighted by Crippen LogP contribution is 2.42. The minimum Gasteiger partial charge on any atom is -0.507 e. The Balaban J connectivity index is 1.85. The molecule has 1 atom stereocenters. The van der Waals surface area contributed by atoms with Gasteiger partial charge in [0.2, 0.25) is 0 Å². The molecule has 2 heterocycles. The van der Waals surface area contributed by atoms with Gasteiger partial charge in [-0.3, -0.25) is 24.6 Å². The molecule has 4 rings (SSSR count). The van der Waals surface area contributed by atoms with E-state index < -0.39 is 22.7 Å². The highest BCUT2D eigenvalue weighted by Gasteiger charge is 2.48. The van der Waals surface area contributed by atoms with E-state index in [2.05, 4.69) is 5.16 Å². The van der Waals surface area contributed by atoms with Crippen LogP contribution in [-0.4, -0.2) is 33.0 Å². The van der Waals surface area contributed by atoms with E-state index in [4.69, 9.17) is 9.26 Å². The van der Waals surface area contributed by atoms with E-state index in [9.17, 15) is 24.8 Å². The van der Waals surface area contributed by atoms with E-state index in [0.29, 0.717) is 22.6 Å². The molecule has 1 N–H and O–H groups in total. The number of hydrogen-bond acceptors (Lipinski definition) is 8. The number of non-ortho nitro benzene ring substituents is 1. The van der Waals surface area contributed by atoms with Crippen molar-refractivity contribution in [2.24, 2.45) is 0 Å². The zero-order valence-electron chi connectivity index (χ0n) is 18.6. The largest absolute Gasteiger partial charge is 0.507 e. The van der Waals surface area contributed by atoms with Crippen molar-refractivity contribution in [1.29, 1.82) is 0 Å². The average Bonchev–Trinajstić information content (AvgIpc) is 3.34. The number of aryl methyl sites for hydroxylation is 1. The fourth-order valence-electron chi connectivity index (χ4n) is 3.75. The van der Waals surface area contributed by atoms with Crippen LogP contribution in [0, 0.1) is 17.0 Å². The molecule has 0 aliphatic carbocycles. The maximum atomic E-state index is 13.1. The predicted octanol–water partition coefficient (Wildman–Crippen LogP) is 4.30. The summed E-state index contributed by atoms with van der Waals surface area (Å²) in [5.41, 5.74) is 0.361. The van der Waals surface area contributed by atoms with Gasteiger partial charge in [0, 0.05) is 23.8 Å². The minimum atomic E-state index is -1.07. The van der Waals surface area contributed by atoms with Crippen molar-refractivity contribution in [2.75, 3.05) is 4.90 Å². The molecule has 1 amide bonds. The molecule has 10 nitrogen and oxygen atoms in total. The molecule has 10 heteroatoms. The lowest BCUT2D eigenvalue weighted by molar-refractivity contribution is -0.384. The molecule has 0 unspecified atom stereocenters. The first kappa shape index (κ1) is 22.7. The number of ether oxygens (including phenoxy) is 1. The molecule has 3 aromatic rings. The number of carbonyl (C=O) groups excluding carboxylic acids is 2. The Morgan fingerprint density at radius 2 is 1.79 bits per heavy atom. The number of aliphatic hydroxyl groups is 1. The molecule has 1 aliphatic rings. The third-order valence-corrected chi connectivity index (χ3v) is 5.23. The number of carbonyl (C=O) groups is 2. The van der Waals surface area contributed by atoms with Crippen molar-refractivity contribution in [3.63, 3.8) is 0 Å². The van der Waals surface area contributed by atoms with Crippen molar-refractivity contribution in [2.45, 2.75) is 32.9 Å². The van der Waals surface area contributed by atoms with Crippen LogP contribution in [0.2, 0.25) is 0 Å². The Hall–Kier alpha value is -4.47. The molecular formula is C24H21N3O7. The van der Waals surface area contributed by atoms with Gasteiger partial charge in [0.05, 0.1) is 22.6 Å². The molecule has 1 aromatic heterocycles. The van der Waals surface area contributed by atoms with Crippen molar-refractivity contribution in [3.05, 3.63) is 87.2 Å². The number of aromatic nitrogens is 1. The van der Waals surface area contributed by atoms with Crippen LogP contribution in [0.25, 0.3) is 5.76 Å². The van der Waals surface area contributed by atoms with Crippen molar-refractivity contribution >= 4 is 29.0 Å². The quantitative estimate of drug-likeness (QED) is 0.188. The molecular weight excluding hydrogens is 442 g/mol. The molecule has 1 aliphatic heterocycles. The summed E-state index contributed by atoms with van der Waals surface area (Å²) < 4.78 is 10.7. The Labute approximate surface area is 194 Å². The number of nitro groups is 1. The lowest BCUT2D eigenvalue weighted by atomic mass is 9.95. The van der Waals surface area contributed by atoms with Crippen molar-refractivity contribution in [1.82, 2.24) is 5.16 Å². The molecule has 0 spiro atoms. The summed E-state index contributed by atoms with van der Waals surface area (Å²) >= 11 is 0. The number of ketones is 1. The van der Waals surface area contributed by atoms with Gasteiger partial charge in [-0.1, -0.05) is 5.16 Å². The van der Waals surface area contributed by atoms with Crippen molar-refractivity contribution in [3.8, 4) is 5.75 Å². The number of nitro benzene ring substituents is 1. The minimum absolute atomic E-state index is 0.0437. The monoisotopic (exact) mass is 463 g/mol. The van der Waals surface area contributed by atoms with E-state index in [-0.39, 0.29) is 28.9 Å². The van der Waals surface area contributed by atoms with Crippen LogP contribution in [0.1, 0.15) is 36.8 Å². The fraction of sp³-hybridized carbons (Fsp3) is 0.208. The molecule has 174 valence electrons. The summed E-state index contributed by atoms with van der Waals surface area (Å²) in [6.45, 7) is 5.39. The van der Waals surface area contributed by atoms with E-state index in [0.717, 1.165) is 4.90 Å². The highest BCUT2D eigenvalue weighted by molar-refractivity contribution is 6.51. The summed E-state index contributed by atoms with van der Waals surface area (Å²) in [6, 6.07) is 12.3. The number of aliphatic hydroxyl groups excluding tert-OH is 1. The van der Waals surface area contributed by atoms with Crippen LogP contribution < -0.4 is 9.64 Å². The molecule has 1 fully saturated rings. The third kappa shape index (κ3) is 4.13. The lowest BCUT2D eigenvalue weighted by Crippen LogP contribution is -2.29. The third-order valence-electron chi connectivity index (χ3n) is 5.23. The molecule has 0 bridgehead atoms. The zero-order chi connectivity index (χ0) is 24.6. The van der Waals surface area contributed by atoms with Crippen LogP contribution in [0.4, 0.5) is 11.5 Å². The first-order valence-corrected chi connectivity index (χ1v) is 10.4. The maximum absolute atomic E-state index is 13.1. The number of rotatable bonds is 6. The summed E-state index contributed by atoms with van der Waals surface area (Å²) in [5, 5.41) is 26.1. The number of benzene rings is 2. The Kier molecular flexibility index (Phi) is 5.89. The van der Waals surface area contributed by atoms with Crippen LogP contribution >= 0.6 is 0 Å². The molecule has 2 aromatic carbocycles. The number of amides is 1. The van der Waals surface area contributed by atoms with Gasteiger partial charge in [0.1, 0.15) is 17.3 Å². The normalized spacial score (nSPS) is 17.4. The molecule has 34 heavy (non-hydrogen) atoms. The summed E-state index contributed by atoms with van der Waals surface area (Å²) in [6.07, 6.45) is -0.0437. The van der Waals surface area contributed by atoms with Crippen molar-refractivity contribution < 1.29 is 28.9 Å². The van der Waals surface area contributed by atoms with E-state index in [1.54, 1.807) is 31.2 Å². The smallest absolute Gasteiger partial charge is 0.301 e. The number of anilines is 1. The second-order valence-corrected chi connectivity index (χ2v) is 8.00. The summed E-state index contributed by atoms with van der Waals surface area (Å²) in [4.78, 5) is 37.7. The topological polar surface area (TPSA) is 136 Å². The van der Waals surface area contributed by atoms with E-state index in [1.807, 2.05) is 13.8 Å². The predicted molar refractivity (Wildman–Crippen MR) is 121 cm³/mol. The van der Waals surface area contributed by atoms with Gasteiger partial charge in [-0.05, 0) is 62.7 Å². The Bertz CT molecular complexity index is 1290. The van der Waals surface area contributed by atoms with Gasteiger partial charge in [-0.15, -0.1) is 0 Å². The lowest BCUT2D eigenvalue weighted by Gasteiger charge is -2.22. The second-order valence-electron chi connectivity index (χ2n) is 8.00. The van der Waals surface area contributed by atoms with Crippen LogP contribution in [-0.2, 0) is 9.59 Å². The molecule has 1 saturated heterocycles. The van der Waals surface area contributed by atoms with Gasteiger partial charge in [0.15, 0.2) is 5.82 Å². The standard InChI is InChI=1S/C24H21N3O7/c1-13(2)33-18-10-6-16(7-11-18)22(28)20-21(15-4-8-17(9-5-15)27(31)32)26(24(30)23(20)29)19-12-14(3)34-25-19/h4-13,21,28H,1-3H3/b22-20+/t21-/m0/s1.